The summed E-state index contributed by atoms with van der Waals surface area (Å²) in [6.45, 7) is 7.06. The Labute approximate surface area is 208 Å². The SMILES string of the molecule is CC(C)(Cc1ccccc1)NC(=O)c1ccc(CN2CCN(S(=O)(=O)c3ccccc3)CC2)cc1. The van der Waals surface area contributed by atoms with Gasteiger partial charge in [0, 0.05) is 43.8 Å². The smallest absolute Gasteiger partial charge is 0.251 e. The van der Waals surface area contributed by atoms with Crippen molar-refractivity contribution in [2.75, 3.05) is 26.2 Å². The first-order valence-electron chi connectivity index (χ1n) is 12.0. The molecule has 1 fully saturated rings. The molecule has 0 aliphatic carbocycles. The van der Waals surface area contributed by atoms with Gasteiger partial charge in [-0.1, -0.05) is 60.7 Å². The monoisotopic (exact) mass is 491 g/mol. The van der Waals surface area contributed by atoms with Gasteiger partial charge in [-0.3, -0.25) is 9.69 Å². The molecule has 0 atom stereocenters. The van der Waals surface area contributed by atoms with Crippen LogP contribution in [-0.2, 0) is 23.0 Å². The Morgan fingerprint density at radius 1 is 0.800 bits per heavy atom. The predicted molar refractivity (Wildman–Crippen MR) is 139 cm³/mol. The third-order valence-electron chi connectivity index (χ3n) is 6.28. The van der Waals surface area contributed by atoms with Crippen LogP contribution in [0.25, 0.3) is 0 Å². The number of benzene rings is 3. The number of carbonyl (C=O) groups excluding carboxylic acids is 1. The van der Waals surface area contributed by atoms with Crippen LogP contribution >= 0.6 is 0 Å². The van der Waals surface area contributed by atoms with Crippen molar-refractivity contribution in [2.45, 2.75) is 37.2 Å². The minimum absolute atomic E-state index is 0.0859. The lowest BCUT2D eigenvalue weighted by Crippen LogP contribution is -2.48. The standard InChI is InChI=1S/C28H33N3O3S/c1-28(2,21-23-9-5-3-6-10-23)29-27(32)25-15-13-24(14-16-25)22-30-17-19-31(20-18-30)35(33,34)26-11-7-4-8-12-26/h3-16H,17-22H2,1-2H3,(H,29,32). The number of carbonyl (C=O) groups is 1. The second kappa shape index (κ2) is 10.7. The Morgan fingerprint density at radius 3 is 1.97 bits per heavy atom. The average molecular weight is 492 g/mol. The third kappa shape index (κ3) is 6.57. The fourth-order valence-corrected chi connectivity index (χ4v) is 5.86. The second-order valence-corrected chi connectivity index (χ2v) is 11.6. The minimum Gasteiger partial charge on any atom is -0.347 e. The highest BCUT2D eigenvalue weighted by atomic mass is 32.2. The van der Waals surface area contributed by atoms with Gasteiger partial charge in [-0.15, -0.1) is 0 Å². The summed E-state index contributed by atoms with van der Waals surface area (Å²) in [4.78, 5) is 15.4. The van der Waals surface area contributed by atoms with Gasteiger partial charge in [0.25, 0.3) is 5.91 Å². The van der Waals surface area contributed by atoms with Gasteiger partial charge in [0.15, 0.2) is 0 Å². The lowest BCUT2D eigenvalue weighted by atomic mass is 9.94. The zero-order valence-electron chi connectivity index (χ0n) is 20.4. The molecule has 0 unspecified atom stereocenters. The van der Waals surface area contributed by atoms with Crippen LogP contribution in [0.4, 0.5) is 0 Å². The van der Waals surface area contributed by atoms with E-state index in [0.29, 0.717) is 36.6 Å². The predicted octanol–water partition coefficient (Wildman–Crippen LogP) is 3.94. The Morgan fingerprint density at radius 2 is 1.37 bits per heavy atom. The third-order valence-corrected chi connectivity index (χ3v) is 8.19. The lowest BCUT2D eigenvalue weighted by Gasteiger charge is -2.34. The van der Waals surface area contributed by atoms with Gasteiger partial charge in [0.1, 0.15) is 0 Å². The summed E-state index contributed by atoms with van der Waals surface area (Å²) in [5.74, 6) is -0.0859. The molecule has 1 aliphatic rings. The second-order valence-electron chi connectivity index (χ2n) is 9.69. The van der Waals surface area contributed by atoms with E-state index in [0.717, 1.165) is 18.5 Å². The summed E-state index contributed by atoms with van der Waals surface area (Å²) in [6.07, 6.45) is 0.754. The first-order valence-corrected chi connectivity index (χ1v) is 13.4. The molecule has 4 rings (SSSR count). The quantitative estimate of drug-likeness (QED) is 0.518. The molecule has 1 aliphatic heterocycles. The van der Waals surface area contributed by atoms with Crippen molar-refractivity contribution in [3.8, 4) is 0 Å². The molecular formula is C28H33N3O3S. The zero-order chi connectivity index (χ0) is 24.9. The maximum Gasteiger partial charge on any atom is 0.251 e. The number of piperazine rings is 1. The average Bonchev–Trinajstić information content (AvgIpc) is 2.85. The summed E-state index contributed by atoms with van der Waals surface area (Å²) in [6, 6.07) is 26.4. The van der Waals surface area contributed by atoms with E-state index < -0.39 is 10.0 Å². The summed E-state index contributed by atoms with van der Waals surface area (Å²) < 4.78 is 27.2. The van der Waals surface area contributed by atoms with Crippen LogP contribution in [0.15, 0.2) is 89.8 Å². The van der Waals surface area contributed by atoms with Crippen molar-refractivity contribution in [3.63, 3.8) is 0 Å². The molecule has 1 N–H and O–H groups in total. The molecule has 35 heavy (non-hydrogen) atoms. The Bertz CT molecular complexity index is 1220. The Kier molecular flexibility index (Phi) is 7.69. The van der Waals surface area contributed by atoms with Crippen LogP contribution in [0.5, 0.6) is 0 Å². The fourth-order valence-electron chi connectivity index (χ4n) is 4.42. The molecule has 1 saturated heterocycles. The zero-order valence-corrected chi connectivity index (χ0v) is 21.2. The van der Waals surface area contributed by atoms with Gasteiger partial charge in [-0.25, -0.2) is 8.42 Å². The summed E-state index contributed by atoms with van der Waals surface area (Å²) in [5, 5.41) is 3.14. The first kappa shape index (κ1) is 25.1. The number of amides is 1. The molecular weight excluding hydrogens is 458 g/mol. The normalized spacial score (nSPS) is 15.6. The summed E-state index contributed by atoms with van der Waals surface area (Å²) in [7, 11) is -3.45. The van der Waals surface area contributed by atoms with Crippen LogP contribution in [0.2, 0.25) is 0 Å². The molecule has 0 radical (unpaired) electrons. The Balaban J connectivity index is 1.29. The van der Waals surface area contributed by atoms with Crippen LogP contribution in [0.1, 0.15) is 35.3 Å². The highest BCUT2D eigenvalue weighted by Gasteiger charge is 2.28. The van der Waals surface area contributed by atoms with E-state index >= 15 is 0 Å². The topological polar surface area (TPSA) is 69.7 Å². The maximum absolute atomic E-state index is 12.8. The molecule has 0 aromatic heterocycles. The van der Waals surface area contributed by atoms with E-state index in [4.69, 9.17) is 0 Å². The van der Waals surface area contributed by atoms with Crippen molar-refractivity contribution in [3.05, 3.63) is 102 Å². The van der Waals surface area contributed by atoms with Crippen molar-refractivity contribution in [1.82, 2.24) is 14.5 Å². The molecule has 3 aromatic carbocycles. The van der Waals surface area contributed by atoms with Crippen LogP contribution in [0, 0.1) is 0 Å². The molecule has 7 heteroatoms. The fraction of sp³-hybridized carbons (Fsp3) is 0.321. The molecule has 3 aromatic rings. The van der Waals surface area contributed by atoms with Gasteiger partial charge in [-0.2, -0.15) is 4.31 Å². The number of nitrogens with zero attached hydrogens (tertiary/aromatic N) is 2. The van der Waals surface area contributed by atoms with Gasteiger partial charge in [0.2, 0.25) is 10.0 Å². The molecule has 6 nitrogen and oxygen atoms in total. The van der Waals surface area contributed by atoms with Gasteiger partial charge >= 0.3 is 0 Å². The minimum atomic E-state index is -3.45. The van der Waals surface area contributed by atoms with E-state index in [1.54, 1.807) is 28.6 Å². The highest BCUT2D eigenvalue weighted by Crippen LogP contribution is 2.19. The van der Waals surface area contributed by atoms with Crippen LogP contribution < -0.4 is 5.32 Å². The van der Waals surface area contributed by atoms with Crippen LogP contribution in [-0.4, -0.2) is 55.2 Å². The summed E-state index contributed by atoms with van der Waals surface area (Å²) in [5.41, 5.74) is 2.56. The number of sulfonamides is 1. The molecule has 0 spiro atoms. The van der Waals surface area contributed by atoms with E-state index in [1.165, 1.54) is 5.56 Å². The maximum atomic E-state index is 12.8. The van der Waals surface area contributed by atoms with E-state index in [1.807, 2.05) is 62.4 Å². The van der Waals surface area contributed by atoms with Crippen molar-refractivity contribution in [2.24, 2.45) is 0 Å². The summed E-state index contributed by atoms with van der Waals surface area (Å²) >= 11 is 0. The lowest BCUT2D eigenvalue weighted by molar-refractivity contribution is 0.0913. The number of nitrogens with one attached hydrogen (secondary N) is 1. The van der Waals surface area contributed by atoms with Gasteiger partial charge in [-0.05, 0) is 55.7 Å². The number of hydrogen-bond donors (Lipinski definition) is 1. The van der Waals surface area contributed by atoms with E-state index in [-0.39, 0.29) is 11.4 Å². The number of rotatable bonds is 8. The molecule has 184 valence electrons. The number of hydrogen-bond acceptors (Lipinski definition) is 4. The van der Waals surface area contributed by atoms with Crippen LogP contribution in [0.3, 0.4) is 0 Å². The molecule has 0 bridgehead atoms. The highest BCUT2D eigenvalue weighted by molar-refractivity contribution is 7.89. The molecule has 1 amide bonds. The van der Waals surface area contributed by atoms with Gasteiger partial charge in [0.05, 0.1) is 4.90 Å². The van der Waals surface area contributed by atoms with Crippen molar-refractivity contribution in [1.29, 1.82) is 0 Å². The molecule has 1 heterocycles. The van der Waals surface area contributed by atoms with Gasteiger partial charge < -0.3 is 5.32 Å². The van der Waals surface area contributed by atoms with Crippen molar-refractivity contribution < 1.29 is 13.2 Å². The van der Waals surface area contributed by atoms with E-state index in [9.17, 15) is 13.2 Å². The largest absolute Gasteiger partial charge is 0.347 e. The van der Waals surface area contributed by atoms with E-state index in [2.05, 4.69) is 22.3 Å². The van der Waals surface area contributed by atoms with Crippen molar-refractivity contribution >= 4 is 15.9 Å². The molecule has 0 saturated carbocycles. The first-order chi connectivity index (χ1) is 16.7. The Hall–Kier alpha value is -3.00.